The number of nitrogens with one attached hydrogen (secondary N) is 1. The van der Waals surface area contributed by atoms with Crippen molar-refractivity contribution in [2.45, 2.75) is 45.4 Å². The van der Waals surface area contributed by atoms with Crippen molar-refractivity contribution in [3.05, 3.63) is 47.5 Å². The van der Waals surface area contributed by atoms with Crippen molar-refractivity contribution in [1.82, 2.24) is 4.98 Å². The van der Waals surface area contributed by atoms with Crippen LogP contribution in [0.3, 0.4) is 0 Å². The Morgan fingerprint density at radius 1 is 1.07 bits per heavy atom. The summed E-state index contributed by atoms with van der Waals surface area (Å²) in [7, 11) is 0. The Balaban J connectivity index is 1.85. The molecule has 1 aliphatic rings. The van der Waals surface area contributed by atoms with E-state index in [0.717, 1.165) is 49.3 Å². The number of ether oxygens (including phenoxy) is 2. The van der Waals surface area contributed by atoms with E-state index in [4.69, 9.17) is 15.2 Å². The van der Waals surface area contributed by atoms with Crippen molar-refractivity contribution in [2.24, 2.45) is 5.73 Å². The molecule has 1 unspecified atom stereocenters. The lowest BCUT2D eigenvalue weighted by atomic mass is 9.94. The lowest BCUT2D eigenvalue weighted by Gasteiger charge is -2.19. The average molecular weight is 379 g/mol. The monoisotopic (exact) mass is 378 g/mol. The Bertz CT molecular complexity index is 961. The first kappa shape index (κ1) is 18.9. The fraction of sp³-hybridized carbons (Fsp3) is 0.417. The molecule has 2 aromatic carbocycles. The summed E-state index contributed by atoms with van der Waals surface area (Å²) in [6.07, 6.45) is 4.28. The van der Waals surface area contributed by atoms with E-state index in [-0.39, 0.29) is 0 Å². The molecule has 4 rings (SSSR count). The molecule has 2 heterocycles. The maximum absolute atomic E-state index is 5.82. The van der Waals surface area contributed by atoms with Crippen LogP contribution in [-0.4, -0.2) is 24.7 Å². The van der Waals surface area contributed by atoms with Crippen molar-refractivity contribution in [3.63, 3.8) is 0 Å². The summed E-state index contributed by atoms with van der Waals surface area (Å²) in [6.45, 7) is 6.50. The number of aromatic amines is 1. The second-order valence-corrected chi connectivity index (χ2v) is 7.66. The highest BCUT2D eigenvalue weighted by Gasteiger charge is 2.19. The predicted octanol–water partition coefficient (Wildman–Crippen LogP) is 5.40. The van der Waals surface area contributed by atoms with Gasteiger partial charge < -0.3 is 20.2 Å². The van der Waals surface area contributed by atoms with Gasteiger partial charge in [0.25, 0.3) is 0 Å². The predicted molar refractivity (Wildman–Crippen MR) is 115 cm³/mol. The minimum atomic E-state index is 0.521. The van der Waals surface area contributed by atoms with Crippen molar-refractivity contribution in [1.29, 1.82) is 0 Å². The molecule has 1 aromatic heterocycles. The number of unbranched alkanes of at least 4 members (excludes halogenated alkanes) is 1. The number of hydrogen-bond acceptors (Lipinski definition) is 3. The maximum atomic E-state index is 5.82. The van der Waals surface area contributed by atoms with Gasteiger partial charge in [0, 0.05) is 22.2 Å². The lowest BCUT2D eigenvalue weighted by Crippen LogP contribution is -2.15. The molecule has 4 nitrogen and oxygen atoms in total. The first-order chi connectivity index (χ1) is 13.7. The molecule has 4 heteroatoms. The van der Waals surface area contributed by atoms with E-state index < -0.39 is 0 Å². The largest absolute Gasteiger partial charge is 0.486 e. The van der Waals surface area contributed by atoms with Gasteiger partial charge in [-0.25, -0.2) is 0 Å². The fourth-order valence-electron chi connectivity index (χ4n) is 4.08. The third kappa shape index (κ3) is 3.49. The summed E-state index contributed by atoms with van der Waals surface area (Å²) in [6, 6.07) is 13.0. The molecule has 1 aliphatic heterocycles. The van der Waals surface area contributed by atoms with Gasteiger partial charge >= 0.3 is 0 Å². The van der Waals surface area contributed by atoms with Gasteiger partial charge in [0.05, 0.1) is 0 Å². The van der Waals surface area contributed by atoms with Crippen molar-refractivity contribution in [3.8, 4) is 22.8 Å². The van der Waals surface area contributed by atoms with E-state index in [1.54, 1.807) is 0 Å². The lowest BCUT2D eigenvalue weighted by molar-refractivity contribution is 0.171. The number of aryl methyl sites for hydroxylation is 1. The molecule has 0 amide bonds. The minimum Gasteiger partial charge on any atom is -0.486 e. The molecule has 0 radical (unpaired) electrons. The fourth-order valence-corrected chi connectivity index (χ4v) is 4.08. The summed E-state index contributed by atoms with van der Waals surface area (Å²) in [4.78, 5) is 3.77. The smallest absolute Gasteiger partial charge is 0.162 e. The molecule has 3 aromatic rings. The molecule has 0 saturated carbocycles. The van der Waals surface area contributed by atoms with Crippen LogP contribution in [-0.2, 0) is 6.42 Å². The highest BCUT2D eigenvalue weighted by molar-refractivity contribution is 5.93. The van der Waals surface area contributed by atoms with Crippen LogP contribution in [0, 0.1) is 0 Å². The van der Waals surface area contributed by atoms with E-state index in [1.807, 2.05) is 6.07 Å². The Morgan fingerprint density at radius 3 is 2.68 bits per heavy atom. The van der Waals surface area contributed by atoms with E-state index >= 15 is 0 Å². The second kappa shape index (κ2) is 8.27. The maximum Gasteiger partial charge on any atom is 0.162 e. The summed E-state index contributed by atoms with van der Waals surface area (Å²) in [5.41, 5.74) is 12.1. The van der Waals surface area contributed by atoms with E-state index in [9.17, 15) is 0 Å². The Labute approximate surface area is 167 Å². The van der Waals surface area contributed by atoms with Crippen LogP contribution >= 0.6 is 0 Å². The summed E-state index contributed by atoms with van der Waals surface area (Å²) < 4.78 is 11.5. The summed E-state index contributed by atoms with van der Waals surface area (Å²) >= 11 is 0. The number of nitrogens with two attached hydrogens (primary N) is 1. The molecule has 0 spiro atoms. The van der Waals surface area contributed by atoms with Crippen LogP contribution in [0.2, 0.25) is 0 Å². The highest BCUT2D eigenvalue weighted by Crippen LogP contribution is 2.39. The van der Waals surface area contributed by atoms with E-state index in [2.05, 4.69) is 49.2 Å². The molecule has 0 fully saturated rings. The zero-order valence-corrected chi connectivity index (χ0v) is 16.9. The number of H-pyrrole nitrogens is 1. The minimum absolute atomic E-state index is 0.521. The van der Waals surface area contributed by atoms with E-state index in [1.165, 1.54) is 27.7 Å². The Hall–Kier alpha value is -2.46. The molecule has 1 atom stereocenters. The van der Waals surface area contributed by atoms with Gasteiger partial charge in [-0.15, -0.1) is 0 Å². The van der Waals surface area contributed by atoms with Crippen molar-refractivity contribution >= 4 is 10.9 Å². The van der Waals surface area contributed by atoms with Crippen LogP contribution in [0.4, 0.5) is 0 Å². The topological polar surface area (TPSA) is 60.3 Å². The molecular weight excluding hydrogens is 348 g/mol. The van der Waals surface area contributed by atoms with Gasteiger partial charge in [0.15, 0.2) is 11.5 Å². The first-order valence-corrected chi connectivity index (χ1v) is 10.5. The third-order valence-corrected chi connectivity index (χ3v) is 5.83. The zero-order valence-electron chi connectivity index (χ0n) is 16.9. The van der Waals surface area contributed by atoms with Gasteiger partial charge in [0.2, 0.25) is 0 Å². The molecule has 0 aliphatic carbocycles. The van der Waals surface area contributed by atoms with Crippen molar-refractivity contribution < 1.29 is 9.47 Å². The number of rotatable bonds is 7. The molecule has 0 bridgehead atoms. The van der Waals surface area contributed by atoms with Crippen LogP contribution in [0.5, 0.6) is 11.5 Å². The summed E-state index contributed by atoms with van der Waals surface area (Å²) in [5.74, 6) is 2.18. The van der Waals surface area contributed by atoms with Crippen LogP contribution in [0.15, 0.2) is 36.4 Å². The molecule has 28 heavy (non-hydrogen) atoms. The number of hydrogen-bond donors (Lipinski definition) is 2. The molecule has 0 saturated heterocycles. The zero-order chi connectivity index (χ0) is 19.5. The van der Waals surface area contributed by atoms with Gasteiger partial charge in [-0.1, -0.05) is 32.0 Å². The number of benzene rings is 2. The van der Waals surface area contributed by atoms with Crippen LogP contribution in [0.1, 0.15) is 50.2 Å². The molecule has 3 N–H and O–H groups in total. The molecule has 148 valence electrons. The number of para-hydroxylation sites is 1. The van der Waals surface area contributed by atoms with Crippen LogP contribution in [0.25, 0.3) is 22.2 Å². The highest BCUT2D eigenvalue weighted by atomic mass is 16.6. The summed E-state index contributed by atoms with van der Waals surface area (Å²) in [5, 5.41) is 1.33. The number of fused-ring (bicyclic) bond motifs is 2. The van der Waals surface area contributed by atoms with E-state index in [0.29, 0.717) is 19.1 Å². The van der Waals surface area contributed by atoms with Crippen LogP contribution < -0.4 is 15.2 Å². The van der Waals surface area contributed by atoms with Gasteiger partial charge in [-0.05, 0) is 67.5 Å². The first-order valence-electron chi connectivity index (χ1n) is 10.5. The van der Waals surface area contributed by atoms with Gasteiger partial charge in [-0.2, -0.15) is 0 Å². The SMILES string of the molecule is CCC(C)c1cccc2c(CCCCN)c(-c3ccc4c(c3)OCCO4)[nH]c12. The number of aromatic nitrogens is 1. The third-order valence-electron chi connectivity index (χ3n) is 5.83. The normalized spacial score (nSPS) is 14.4. The van der Waals surface area contributed by atoms with Gasteiger partial charge in [0.1, 0.15) is 13.2 Å². The quantitative estimate of drug-likeness (QED) is 0.541. The second-order valence-electron chi connectivity index (χ2n) is 7.66. The standard InChI is InChI=1S/C24H30N2O2/c1-3-16(2)18-8-6-9-20-19(7-4-5-12-25)23(26-24(18)20)17-10-11-21-22(15-17)28-14-13-27-21/h6,8-11,15-16,26H,3-5,7,12-14,25H2,1-2H3. The average Bonchev–Trinajstić information content (AvgIpc) is 3.11. The van der Waals surface area contributed by atoms with Gasteiger partial charge in [-0.3, -0.25) is 0 Å². The Kier molecular flexibility index (Phi) is 5.58. The van der Waals surface area contributed by atoms with Crippen molar-refractivity contribution in [2.75, 3.05) is 19.8 Å². The Morgan fingerprint density at radius 2 is 1.89 bits per heavy atom. The molecular formula is C24H30N2O2.